The second-order valence-corrected chi connectivity index (χ2v) is 6.04. The Kier molecular flexibility index (Phi) is 3.28. The molecule has 0 saturated carbocycles. The van der Waals surface area contributed by atoms with Crippen molar-refractivity contribution in [1.82, 2.24) is 19.9 Å². The summed E-state index contributed by atoms with van der Waals surface area (Å²) in [6.45, 7) is 6.55. The first kappa shape index (κ1) is 15.0. The van der Waals surface area contributed by atoms with Crippen molar-refractivity contribution in [3.63, 3.8) is 0 Å². The van der Waals surface area contributed by atoms with Crippen molar-refractivity contribution in [2.75, 3.05) is 18.0 Å². The smallest absolute Gasteiger partial charge is 0.369 e. The Morgan fingerprint density at radius 1 is 1.36 bits per heavy atom. The average Bonchev–Trinajstić information content (AvgIpc) is 2.81. The van der Waals surface area contributed by atoms with Gasteiger partial charge in [-0.3, -0.25) is 0 Å². The predicted molar refractivity (Wildman–Crippen MR) is 73.5 cm³/mol. The highest BCUT2D eigenvalue weighted by atomic mass is 19.4. The average molecular weight is 315 g/mol. The van der Waals surface area contributed by atoms with Crippen LogP contribution in [0.4, 0.5) is 19.0 Å². The van der Waals surface area contributed by atoms with Gasteiger partial charge >= 0.3 is 6.18 Å². The lowest BCUT2D eigenvalue weighted by molar-refractivity contribution is -0.144. The van der Waals surface area contributed by atoms with E-state index in [4.69, 9.17) is 4.74 Å². The molecule has 2 aromatic rings. The van der Waals surface area contributed by atoms with E-state index in [1.807, 2.05) is 20.8 Å². The molecule has 1 saturated heterocycles. The molecule has 9 heteroatoms. The van der Waals surface area contributed by atoms with E-state index in [0.717, 1.165) is 0 Å². The van der Waals surface area contributed by atoms with Gasteiger partial charge in [0.05, 0.1) is 18.0 Å². The Bertz CT molecular complexity index is 697. The molecule has 1 aliphatic rings. The standard InChI is InChI=1S/C13H16F3N5O/c1-7-4-21(5-12(2,3)22-7)10-8-9(18-6-17-8)19-11(20-10)13(14,15)16/h6-7H,4-5H2,1-3H3,(H,17,18,19,20). The Morgan fingerprint density at radius 2 is 2.09 bits per heavy atom. The number of morpholine rings is 1. The van der Waals surface area contributed by atoms with Crippen LogP contribution in [0.15, 0.2) is 6.33 Å². The van der Waals surface area contributed by atoms with E-state index in [2.05, 4.69) is 19.9 Å². The zero-order chi connectivity index (χ0) is 16.1. The van der Waals surface area contributed by atoms with Gasteiger partial charge < -0.3 is 14.6 Å². The molecule has 0 spiro atoms. The number of alkyl halides is 3. The molecule has 1 unspecified atom stereocenters. The monoisotopic (exact) mass is 315 g/mol. The molecule has 0 bridgehead atoms. The second-order valence-electron chi connectivity index (χ2n) is 6.04. The molecule has 0 aliphatic carbocycles. The highest BCUT2D eigenvalue weighted by molar-refractivity contribution is 5.83. The lowest BCUT2D eigenvalue weighted by Gasteiger charge is -2.42. The third-order valence-electron chi connectivity index (χ3n) is 3.39. The van der Waals surface area contributed by atoms with Crippen LogP contribution in [0.1, 0.15) is 26.6 Å². The van der Waals surface area contributed by atoms with Gasteiger partial charge in [0, 0.05) is 13.1 Å². The van der Waals surface area contributed by atoms with E-state index < -0.39 is 17.6 Å². The molecule has 1 aliphatic heterocycles. The van der Waals surface area contributed by atoms with Gasteiger partial charge in [-0.15, -0.1) is 0 Å². The van der Waals surface area contributed by atoms with Crippen LogP contribution in [0, 0.1) is 0 Å². The van der Waals surface area contributed by atoms with Crippen LogP contribution < -0.4 is 4.90 Å². The molecule has 3 heterocycles. The molecule has 2 aromatic heterocycles. The number of H-pyrrole nitrogens is 1. The fourth-order valence-corrected chi connectivity index (χ4v) is 2.79. The first-order valence-corrected chi connectivity index (χ1v) is 6.87. The highest BCUT2D eigenvalue weighted by Gasteiger charge is 2.38. The van der Waals surface area contributed by atoms with Crippen LogP contribution in [0.25, 0.3) is 11.2 Å². The maximum Gasteiger partial charge on any atom is 0.451 e. The molecule has 1 N–H and O–H groups in total. The third kappa shape index (κ3) is 2.72. The molecule has 0 radical (unpaired) electrons. The van der Waals surface area contributed by atoms with Gasteiger partial charge in [-0.05, 0) is 20.8 Å². The highest BCUT2D eigenvalue weighted by Crippen LogP contribution is 2.32. The number of anilines is 1. The van der Waals surface area contributed by atoms with Crippen LogP contribution >= 0.6 is 0 Å². The van der Waals surface area contributed by atoms with Gasteiger partial charge in [0.2, 0.25) is 5.82 Å². The normalized spacial score (nSPS) is 22.3. The van der Waals surface area contributed by atoms with E-state index in [0.29, 0.717) is 18.6 Å². The quantitative estimate of drug-likeness (QED) is 0.875. The summed E-state index contributed by atoms with van der Waals surface area (Å²) in [5, 5.41) is 0. The number of hydrogen-bond donors (Lipinski definition) is 1. The van der Waals surface area contributed by atoms with Gasteiger partial charge in [-0.2, -0.15) is 13.2 Å². The maximum atomic E-state index is 13.0. The first-order valence-electron chi connectivity index (χ1n) is 6.87. The van der Waals surface area contributed by atoms with Gasteiger partial charge in [-0.25, -0.2) is 15.0 Å². The number of nitrogens with zero attached hydrogens (tertiary/aromatic N) is 4. The van der Waals surface area contributed by atoms with Crippen LogP contribution in [-0.2, 0) is 10.9 Å². The van der Waals surface area contributed by atoms with Crippen LogP contribution in [0.3, 0.4) is 0 Å². The molecule has 0 amide bonds. The molecule has 0 aromatic carbocycles. The first-order chi connectivity index (χ1) is 10.2. The number of halogens is 3. The summed E-state index contributed by atoms with van der Waals surface area (Å²) in [4.78, 5) is 15.7. The molecular weight excluding hydrogens is 299 g/mol. The number of nitrogens with one attached hydrogen (secondary N) is 1. The van der Waals surface area contributed by atoms with Crippen molar-refractivity contribution in [2.45, 2.75) is 38.7 Å². The van der Waals surface area contributed by atoms with Crippen molar-refractivity contribution < 1.29 is 17.9 Å². The lowest BCUT2D eigenvalue weighted by atomic mass is 10.1. The van der Waals surface area contributed by atoms with E-state index in [1.165, 1.54) is 6.33 Å². The minimum atomic E-state index is -4.62. The Labute approximate surface area is 124 Å². The summed E-state index contributed by atoms with van der Waals surface area (Å²) < 4.78 is 44.8. The Hall–Kier alpha value is -1.90. The molecule has 3 rings (SSSR count). The number of aromatic nitrogens is 4. The summed E-state index contributed by atoms with van der Waals surface area (Å²) in [5.41, 5.74) is -0.0694. The zero-order valence-corrected chi connectivity index (χ0v) is 12.4. The summed E-state index contributed by atoms with van der Waals surface area (Å²) in [6.07, 6.45) is -3.42. The van der Waals surface area contributed by atoms with Crippen LogP contribution in [0.2, 0.25) is 0 Å². The third-order valence-corrected chi connectivity index (χ3v) is 3.39. The van der Waals surface area contributed by atoms with Gasteiger partial charge in [0.1, 0.15) is 5.52 Å². The summed E-state index contributed by atoms with van der Waals surface area (Å²) in [7, 11) is 0. The van der Waals surface area contributed by atoms with Gasteiger partial charge in [0.15, 0.2) is 11.5 Å². The fraction of sp³-hybridized carbons (Fsp3) is 0.615. The summed E-state index contributed by atoms with van der Waals surface area (Å²) in [6, 6.07) is 0. The Morgan fingerprint density at radius 3 is 2.73 bits per heavy atom. The largest absolute Gasteiger partial charge is 0.451 e. The van der Waals surface area contributed by atoms with E-state index >= 15 is 0 Å². The van der Waals surface area contributed by atoms with Crippen molar-refractivity contribution in [2.24, 2.45) is 0 Å². The zero-order valence-electron chi connectivity index (χ0n) is 12.4. The molecule has 1 fully saturated rings. The predicted octanol–water partition coefficient (Wildman–Crippen LogP) is 2.38. The van der Waals surface area contributed by atoms with Crippen molar-refractivity contribution in [3.05, 3.63) is 12.2 Å². The van der Waals surface area contributed by atoms with Crippen molar-refractivity contribution >= 4 is 17.0 Å². The van der Waals surface area contributed by atoms with Crippen LogP contribution in [0.5, 0.6) is 0 Å². The van der Waals surface area contributed by atoms with E-state index in [1.54, 1.807) is 4.90 Å². The van der Waals surface area contributed by atoms with Gasteiger partial charge in [0.25, 0.3) is 0 Å². The van der Waals surface area contributed by atoms with E-state index in [9.17, 15) is 13.2 Å². The minimum Gasteiger partial charge on any atom is -0.369 e. The van der Waals surface area contributed by atoms with Crippen molar-refractivity contribution in [1.29, 1.82) is 0 Å². The molecule has 22 heavy (non-hydrogen) atoms. The molecule has 120 valence electrons. The lowest BCUT2D eigenvalue weighted by Crippen LogP contribution is -2.52. The minimum absolute atomic E-state index is 0.00859. The molecule has 1 atom stereocenters. The SMILES string of the molecule is CC1CN(c2nc(C(F)(F)F)nc3nc[nH]c23)CC(C)(C)O1. The van der Waals surface area contributed by atoms with Crippen molar-refractivity contribution in [3.8, 4) is 0 Å². The van der Waals surface area contributed by atoms with Gasteiger partial charge in [-0.1, -0.05) is 0 Å². The van der Waals surface area contributed by atoms with Crippen LogP contribution in [-0.4, -0.2) is 44.7 Å². The number of aromatic amines is 1. The number of imidazole rings is 1. The Balaban J connectivity index is 2.11. The second kappa shape index (κ2) is 4.80. The topological polar surface area (TPSA) is 66.9 Å². The summed E-state index contributed by atoms with van der Waals surface area (Å²) >= 11 is 0. The fourth-order valence-electron chi connectivity index (χ4n) is 2.79. The summed E-state index contributed by atoms with van der Waals surface area (Å²) in [5.74, 6) is -0.975. The number of hydrogen-bond acceptors (Lipinski definition) is 5. The molecular formula is C13H16F3N5O. The maximum absolute atomic E-state index is 13.0. The molecule has 6 nitrogen and oxygen atoms in total. The van der Waals surface area contributed by atoms with E-state index in [-0.39, 0.29) is 17.6 Å². The number of ether oxygens (including phenoxy) is 1. The number of fused-ring (bicyclic) bond motifs is 1. The number of rotatable bonds is 1.